The summed E-state index contributed by atoms with van der Waals surface area (Å²) in [6.45, 7) is 4.45. The molecule has 142 valence electrons. The quantitative estimate of drug-likeness (QED) is 0.657. The topological polar surface area (TPSA) is 53.3 Å². The normalized spacial score (nSPS) is 17.8. The van der Waals surface area contributed by atoms with Gasteiger partial charge in [0.2, 0.25) is 0 Å². The average Bonchev–Trinajstić information content (AvgIpc) is 3.26. The van der Waals surface area contributed by atoms with Gasteiger partial charge in [-0.15, -0.1) is 0 Å². The molecule has 0 bridgehead atoms. The van der Waals surface area contributed by atoms with E-state index in [2.05, 4.69) is 45.1 Å². The van der Waals surface area contributed by atoms with Gasteiger partial charge >= 0.3 is 0 Å². The van der Waals surface area contributed by atoms with Crippen LogP contribution in [-0.4, -0.2) is 45.3 Å². The second-order valence-corrected chi connectivity index (χ2v) is 7.56. The molecule has 0 spiro atoms. The van der Waals surface area contributed by atoms with E-state index in [1.165, 1.54) is 5.56 Å². The second-order valence-electron chi connectivity index (χ2n) is 7.12. The fourth-order valence-corrected chi connectivity index (χ4v) is 4.02. The zero-order valence-corrected chi connectivity index (χ0v) is 16.1. The molecular formula is C21H25ClN4O. The lowest BCUT2D eigenvalue weighted by Gasteiger charge is -2.17. The Kier molecular flexibility index (Phi) is 5.74. The number of nitrogens with one attached hydrogen (secondary N) is 1. The van der Waals surface area contributed by atoms with Crippen LogP contribution in [0, 0.1) is 0 Å². The first-order valence-electron chi connectivity index (χ1n) is 9.48. The lowest BCUT2D eigenvalue weighted by atomic mass is 10.2. The summed E-state index contributed by atoms with van der Waals surface area (Å²) in [5, 5.41) is 13.8. The van der Waals surface area contributed by atoms with Gasteiger partial charge in [-0.2, -0.15) is 0 Å². The summed E-state index contributed by atoms with van der Waals surface area (Å²) in [4.78, 5) is 7.23. The highest BCUT2D eigenvalue weighted by atomic mass is 35.5. The molecule has 4 rings (SSSR count). The molecule has 1 aliphatic rings. The van der Waals surface area contributed by atoms with Gasteiger partial charge in [-0.05, 0) is 30.2 Å². The fourth-order valence-electron chi connectivity index (χ4n) is 3.85. The zero-order chi connectivity index (χ0) is 18.6. The Morgan fingerprint density at radius 2 is 2.04 bits per heavy atom. The minimum absolute atomic E-state index is 0.0826. The molecule has 27 heavy (non-hydrogen) atoms. The van der Waals surface area contributed by atoms with Crippen LogP contribution in [0.5, 0.6) is 0 Å². The Labute approximate surface area is 164 Å². The van der Waals surface area contributed by atoms with E-state index in [1.807, 2.05) is 18.2 Å². The summed E-state index contributed by atoms with van der Waals surface area (Å²) in [5.41, 5.74) is 3.26. The summed E-state index contributed by atoms with van der Waals surface area (Å²) >= 11 is 6.14. The third kappa shape index (κ3) is 4.33. The van der Waals surface area contributed by atoms with E-state index in [4.69, 9.17) is 16.6 Å². The highest BCUT2D eigenvalue weighted by Gasteiger charge is 2.22. The summed E-state index contributed by atoms with van der Waals surface area (Å²) < 4.78 is 2.06. The van der Waals surface area contributed by atoms with Crippen LogP contribution in [0.4, 0.5) is 0 Å². The van der Waals surface area contributed by atoms with E-state index in [9.17, 15) is 5.11 Å². The van der Waals surface area contributed by atoms with Crippen molar-refractivity contribution >= 4 is 22.6 Å². The van der Waals surface area contributed by atoms with Crippen LogP contribution in [-0.2, 0) is 19.6 Å². The molecule has 2 aromatic carbocycles. The van der Waals surface area contributed by atoms with Crippen molar-refractivity contribution in [3.05, 3.63) is 64.9 Å². The molecule has 6 heteroatoms. The minimum atomic E-state index is 0.0826. The van der Waals surface area contributed by atoms with Gasteiger partial charge in [0.05, 0.1) is 24.2 Å². The van der Waals surface area contributed by atoms with Gasteiger partial charge in [0.15, 0.2) is 0 Å². The smallest absolute Gasteiger partial charge is 0.123 e. The molecule has 0 radical (unpaired) electrons. The predicted molar refractivity (Wildman–Crippen MR) is 109 cm³/mol. The van der Waals surface area contributed by atoms with E-state index in [-0.39, 0.29) is 6.61 Å². The van der Waals surface area contributed by atoms with Crippen molar-refractivity contribution in [1.82, 2.24) is 19.8 Å². The maximum atomic E-state index is 9.44. The van der Waals surface area contributed by atoms with Crippen LogP contribution in [0.25, 0.3) is 11.0 Å². The third-order valence-corrected chi connectivity index (χ3v) is 5.42. The molecular weight excluding hydrogens is 360 g/mol. The van der Waals surface area contributed by atoms with Gasteiger partial charge in [-0.3, -0.25) is 4.90 Å². The van der Waals surface area contributed by atoms with Crippen LogP contribution < -0.4 is 5.32 Å². The molecule has 1 fully saturated rings. The number of benzene rings is 2. The molecule has 1 atom stereocenters. The number of hydrogen-bond acceptors (Lipinski definition) is 4. The molecule has 1 aliphatic heterocycles. The number of hydrogen-bond donors (Lipinski definition) is 2. The number of aromatic nitrogens is 2. The number of imidazole rings is 1. The molecule has 0 aliphatic carbocycles. The molecule has 0 saturated carbocycles. The molecule has 3 aromatic rings. The number of rotatable bonds is 7. The van der Waals surface area contributed by atoms with E-state index < -0.39 is 0 Å². The minimum Gasteiger partial charge on any atom is -0.395 e. The van der Waals surface area contributed by atoms with E-state index in [1.54, 1.807) is 0 Å². The Morgan fingerprint density at radius 3 is 2.85 bits per heavy atom. The van der Waals surface area contributed by atoms with E-state index in [0.29, 0.717) is 24.2 Å². The van der Waals surface area contributed by atoms with Gasteiger partial charge in [0.1, 0.15) is 5.82 Å². The summed E-state index contributed by atoms with van der Waals surface area (Å²) in [7, 11) is 0. The largest absolute Gasteiger partial charge is 0.395 e. The Balaban J connectivity index is 1.39. The van der Waals surface area contributed by atoms with Crippen LogP contribution in [0.15, 0.2) is 48.5 Å². The first kappa shape index (κ1) is 18.4. The Morgan fingerprint density at radius 1 is 1.19 bits per heavy atom. The van der Waals surface area contributed by atoms with Gasteiger partial charge in [0.25, 0.3) is 0 Å². The van der Waals surface area contributed by atoms with Crippen LogP contribution in [0.3, 0.4) is 0 Å². The van der Waals surface area contributed by atoms with Crippen molar-refractivity contribution in [3.63, 3.8) is 0 Å². The summed E-state index contributed by atoms with van der Waals surface area (Å²) in [5.74, 6) is 0.947. The number of aliphatic hydroxyl groups is 1. The van der Waals surface area contributed by atoms with Crippen LogP contribution in [0.1, 0.15) is 17.8 Å². The number of nitrogens with zero attached hydrogens (tertiary/aromatic N) is 3. The Hall–Kier alpha value is -1.92. The average molecular weight is 385 g/mol. The first-order chi connectivity index (χ1) is 13.2. The zero-order valence-electron chi connectivity index (χ0n) is 15.3. The van der Waals surface area contributed by atoms with Gasteiger partial charge < -0.3 is 15.0 Å². The van der Waals surface area contributed by atoms with Crippen molar-refractivity contribution in [3.8, 4) is 0 Å². The molecule has 0 unspecified atom stereocenters. The SMILES string of the molecule is OCCn1c(CN[C@H]2CCN(Cc3ccccc3)C2)nc2ccc(Cl)cc21. The maximum Gasteiger partial charge on any atom is 0.123 e. The van der Waals surface area contributed by atoms with E-state index >= 15 is 0 Å². The van der Waals surface area contributed by atoms with Gasteiger partial charge in [-0.1, -0.05) is 41.9 Å². The Bertz CT molecular complexity index is 896. The molecule has 1 saturated heterocycles. The second kappa shape index (κ2) is 8.40. The van der Waals surface area contributed by atoms with Crippen molar-refractivity contribution in [1.29, 1.82) is 0 Å². The van der Waals surface area contributed by atoms with Crippen molar-refractivity contribution in [2.75, 3.05) is 19.7 Å². The first-order valence-corrected chi connectivity index (χ1v) is 9.86. The molecule has 1 aromatic heterocycles. The van der Waals surface area contributed by atoms with Crippen LogP contribution in [0.2, 0.25) is 5.02 Å². The maximum absolute atomic E-state index is 9.44. The highest BCUT2D eigenvalue weighted by Crippen LogP contribution is 2.21. The van der Waals surface area contributed by atoms with Crippen molar-refractivity contribution in [2.24, 2.45) is 0 Å². The monoisotopic (exact) mass is 384 g/mol. The van der Waals surface area contributed by atoms with E-state index in [0.717, 1.165) is 42.9 Å². The fraction of sp³-hybridized carbons (Fsp3) is 0.381. The van der Waals surface area contributed by atoms with Crippen molar-refractivity contribution in [2.45, 2.75) is 32.1 Å². The van der Waals surface area contributed by atoms with Crippen molar-refractivity contribution < 1.29 is 5.11 Å². The number of fused-ring (bicyclic) bond motifs is 1. The standard InChI is InChI=1S/C21H25ClN4O/c22-17-6-7-19-20(12-17)26(10-11-27)21(24-19)13-23-18-8-9-25(15-18)14-16-4-2-1-3-5-16/h1-7,12,18,23,27H,8-11,13-15H2/t18-/m0/s1. The lowest BCUT2D eigenvalue weighted by molar-refractivity contribution is 0.275. The number of halogens is 1. The third-order valence-electron chi connectivity index (χ3n) is 5.18. The predicted octanol–water partition coefficient (Wildman–Crippen LogP) is 3.05. The summed E-state index contributed by atoms with van der Waals surface area (Å²) in [6.07, 6.45) is 1.14. The highest BCUT2D eigenvalue weighted by molar-refractivity contribution is 6.31. The van der Waals surface area contributed by atoms with Gasteiger partial charge in [0, 0.05) is 37.2 Å². The van der Waals surface area contributed by atoms with Gasteiger partial charge in [-0.25, -0.2) is 4.98 Å². The lowest BCUT2D eigenvalue weighted by Crippen LogP contribution is -2.32. The molecule has 2 heterocycles. The molecule has 0 amide bonds. The number of aliphatic hydroxyl groups excluding tert-OH is 1. The summed E-state index contributed by atoms with van der Waals surface area (Å²) in [6, 6.07) is 16.8. The van der Waals surface area contributed by atoms with Crippen LogP contribution >= 0.6 is 11.6 Å². The molecule has 5 nitrogen and oxygen atoms in total. The number of likely N-dealkylation sites (tertiary alicyclic amines) is 1. The molecule has 2 N–H and O–H groups in total.